The highest BCUT2D eigenvalue weighted by molar-refractivity contribution is 7.18. The Balaban J connectivity index is 1.74. The first-order valence-electron chi connectivity index (χ1n) is 8.98. The van der Waals surface area contributed by atoms with Crippen LogP contribution in [-0.4, -0.2) is 35.8 Å². The second-order valence-electron chi connectivity index (χ2n) is 6.62. The molecule has 4 nitrogen and oxygen atoms in total. The van der Waals surface area contributed by atoms with Gasteiger partial charge in [-0.1, -0.05) is 6.42 Å². The lowest BCUT2D eigenvalue weighted by molar-refractivity contribution is 0.115. The minimum atomic E-state index is 0.359. The summed E-state index contributed by atoms with van der Waals surface area (Å²) in [6.07, 6.45) is 10.8. The van der Waals surface area contributed by atoms with E-state index in [-0.39, 0.29) is 0 Å². The Morgan fingerprint density at radius 1 is 1.22 bits per heavy atom. The van der Waals surface area contributed by atoms with Gasteiger partial charge in [0.05, 0.1) is 11.5 Å². The number of aromatic nitrogens is 2. The van der Waals surface area contributed by atoms with Crippen molar-refractivity contribution >= 4 is 27.4 Å². The largest absolute Gasteiger partial charge is 0.376 e. The van der Waals surface area contributed by atoms with E-state index in [9.17, 15) is 0 Å². The monoisotopic (exact) mass is 331 g/mol. The van der Waals surface area contributed by atoms with Crippen molar-refractivity contribution in [3.8, 4) is 0 Å². The maximum Gasteiger partial charge on any atom is 0.141 e. The molecule has 1 aliphatic heterocycles. The van der Waals surface area contributed by atoms with E-state index in [1.807, 2.05) is 11.3 Å². The average molecular weight is 331 g/mol. The van der Waals surface area contributed by atoms with Crippen LogP contribution in [0.2, 0.25) is 0 Å². The topological polar surface area (TPSA) is 38.2 Å². The molecule has 124 valence electrons. The molecule has 1 unspecified atom stereocenters. The second kappa shape index (κ2) is 6.73. The summed E-state index contributed by atoms with van der Waals surface area (Å²) >= 11 is 1.89. The predicted molar refractivity (Wildman–Crippen MR) is 95.5 cm³/mol. The maximum atomic E-state index is 5.85. The molecule has 2 aromatic heterocycles. The number of fused-ring (bicyclic) bond motifs is 3. The summed E-state index contributed by atoms with van der Waals surface area (Å²) in [5.41, 5.74) is 1.53. The number of thiophene rings is 1. The van der Waals surface area contributed by atoms with Crippen molar-refractivity contribution in [2.75, 3.05) is 24.6 Å². The Morgan fingerprint density at radius 3 is 2.96 bits per heavy atom. The van der Waals surface area contributed by atoms with Gasteiger partial charge in [-0.15, -0.1) is 11.3 Å². The minimum Gasteiger partial charge on any atom is -0.376 e. The quantitative estimate of drug-likeness (QED) is 0.795. The fraction of sp³-hybridized carbons (Fsp3) is 0.667. The lowest BCUT2D eigenvalue weighted by Crippen LogP contribution is -2.32. The van der Waals surface area contributed by atoms with Crippen LogP contribution in [0.25, 0.3) is 10.2 Å². The van der Waals surface area contributed by atoms with Crippen molar-refractivity contribution in [1.29, 1.82) is 0 Å². The van der Waals surface area contributed by atoms with E-state index in [1.54, 1.807) is 11.2 Å². The zero-order valence-electron chi connectivity index (χ0n) is 13.9. The van der Waals surface area contributed by atoms with E-state index in [0.29, 0.717) is 6.10 Å². The molecule has 0 saturated carbocycles. The van der Waals surface area contributed by atoms with Gasteiger partial charge in [0.2, 0.25) is 0 Å². The molecule has 0 bridgehead atoms. The molecule has 5 heteroatoms. The van der Waals surface area contributed by atoms with Crippen molar-refractivity contribution < 1.29 is 4.74 Å². The minimum absolute atomic E-state index is 0.359. The van der Waals surface area contributed by atoms with Crippen LogP contribution in [0.15, 0.2) is 6.33 Å². The lowest BCUT2D eigenvalue weighted by Gasteiger charge is -2.25. The summed E-state index contributed by atoms with van der Waals surface area (Å²) in [4.78, 5) is 14.4. The van der Waals surface area contributed by atoms with Crippen LogP contribution < -0.4 is 4.90 Å². The number of ether oxygens (including phenoxy) is 1. The highest BCUT2D eigenvalue weighted by Gasteiger charge is 2.24. The third-order valence-electron chi connectivity index (χ3n) is 5.11. The molecule has 1 saturated heterocycles. The van der Waals surface area contributed by atoms with Crippen molar-refractivity contribution in [3.05, 3.63) is 16.8 Å². The lowest BCUT2D eigenvalue weighted by atomic mass is 10.1. The molecule has 0 amide bonds. The number of hydrogen-bond acceptors (Lipinski definition) is 5. The molecule has 2 aliphatic rings. The van der Waals surface area contributed by atoms with Crippen LogP contribution in [0.4, 0.5) is 5.82 Å². The third-order valence-corrected chi connectivity index (χ3v) is 6.31. The zero-order valence-corrected chi connectivity index (χ0v) is 14.7. The van der Waals surface area contributed by atoms with Gasteiger partial charge in [-0.2, -0.15) is 0 Å². The van der Waals surface area contributed by atoms with E-state index in [0.717, 1.165) is 25.5 Å². The number of likely N-dealkylation sites (N-methyl/N-ethyl adjacent to an activating group) is 1. The van der Waals surface area contributed by atoms with E-state index < -0.39 is 0 Å². The van der Waals surface area contributed by atoms with Gasteiger partial charge in [0.15, 0.2) is 0 Å². The summed E-state index contributed by atoms with van der Waals surface area (Å²) in [5, 5.41) is 1.33. The Labute approximate surface area is 141 Å². The van der Waals surface area contributed by atoms with Crippen LogP contribution in [0.1, 0.15) is 49.5 Å². The number of hydrogen-bond donors (Lipinski definition) is 0. The van der Waals surface area contributed by atoms with Crippen LogP contribution in [0.5, 0.6) is 0 Å². The van der Waals surface area contributed by atoms with E-state index in [1.165, 1.54) is 60.7 Å². The van der Waals surface area contributed by atoms with Gasteiger partial charge in [0.25, 0.3) is 0 Å². The fourth-order valence-electron chi connectivity index (χ4n) is 3.89. The van der Waals surface area contributed by atoms with Crippen LogP contribution >= 0.6 is 11.3 Å². The van der Waals surface area contributed by atoms with E-state index in [2.05, 4.69) is 16.8 Å². The molecule has 1 atom stereocenters. The second-order valence-corrected chi connectivity index (χ2v) is 7.70. The summed E-state index contributed by atoms with van der Waals surface area (Å²) in [6.45, 7) is 5.05. The number of rotatable bonds is 4. The fourth-order valence-corrected chi connectivity index (χ4v) is 5.11. The molecule has 4 rings (SSSR count). The van der Waals surface area contributed by atoms with Gasteiger partial charge < -0.3 is 9.64 Å². The highest BCUT2D eigenvalue weighted by Crippen LogP contribution is 2.38. The van der Waals surface area contributed by atoms with Gasteiger partial charge >= 0.3 is 0 Å². The Morgan fingerprint density at radius 2 is 2.13 bits per heavy atom. The molecular formula is C18H25N3OS. The third kappa shape index (κ3) is 2.96. The molecule has 0 N–H and O–H groups in total. The van der Waals surface area contributed by atoms with Gasteiger partial charge in [-0.25, -0.2) is 9.97 Å². The summed E-state index contributed by atoms with van der Waals surface area (Å²) < 4.78 is 5.85. The van der Waals surface area contributed by atoms with E-state index >= 15 is 0 Å². The van der Waals surface area contributed by atoms with E-state index in [4.69, 9.17) is 9.72 Å². The Hall–Kier alpha value is -1.20. The van der Waals surface area contributed by atoms with Gasteiger partial charge in [0, 0.05) is 24.6 Å². The SMILES string of the molecule is CCN(CC1CCCO1)c1ncnc2sc3c(c12)CCCCC3. The smallest absolute Gasteiger partial charge is 0.141 e. The Bertz CT molecular complexity index is 678. The predicted octanol–water partition coefficient (Wildman–Crippen LogP) is 3.97. The normalized spacial score (nSPS) is 21.3. The molecule has 0 radical (unpaired) electrons. The number of anilines is 1. The summed E-state index contributed by atoms with van der Waals surface area (Å²) in [5.74, 6) is 1.13. The van der Waals surface area contributed by atoms with Gasteiger partial charge in [-0.3, -0.25) is 0 Å². The molecule has 1 aliphatic carbocycles. The molecule has 3 heterocycles. The summed E-state index contributed by atoms with van der Waals surface area (Å²) in [6, 6.07) is 0. The molecule has 0 aromatic carbocycles. The standard InChI is InChI=1S/C18H25N3OS/c1-2-21(11-13-7-6-10-22-13)17-16-14-8-4-3-5-9-15(14)23-18(16)20-12-19-17/h12-13H,2-11H2,1H3. The number of nitrogens with zero attached hydrogens (tertiary/aromatic N) is 3. The van der Waals surface area contributed by atoms with Crippen molar-refractivity contribution in [2.24, 2.45) is 0 Å². The molecule has 1 fully saturated rings. The molecular weight excluding hydrogens is 306 g/mol. The highest BCUT2D eigenvalue weighted by atomic mass is 32.1. The summed E-state index contributed by atoms with van der Waals surface area (Å²) in [7, 11) is 0. The van der Waals surface area contributed by atoms with Gasteiger partial charge in [0.1, 0.15) is 17.0 Å². The first-order valence-corrected chi connectivity index (χ1v) is 9.80. The van der Waals surface area contributed by atoms with Crippen molar-refractivity contribution in [3.63, 3.8) is 0 Å². The first-order chi connectivity index (χ1) is 11.4. The average Bonchev–Trinajstić information content (AvgIpc) is 3.14. The molecule has 23 heavy (non-hydrogen) atoms. The van der Waals surface area contributed by atoms with Crippen molar-refractivity contribution in [2.45, 2.75) is 58.0 Å². The maximum absolute atomic E-state index is 5.85. The van der Waals surface area contributed by atoms with Crippen LogP contribution in [-0.2, 0) is 17.6 Å². The van der Waals surface area contributed by atoms with Crippen LogP contribution in [0.3, 0.4) is 0 Å². The zero-order chi connectivity index (χ0) is 15.6. The van der Waals surface area contributed by atoms with Crippen molar-refractivity contribution in [1.82, 2.24) is 9.97 Å². The molecule has 2 aromatic rings. The van der Waals surface area contributed by atoms with Gasteiger partial charge in [-0.05, 0) is 51.0 Å². The van der Waals surface area contributed by atoms with Crippen LogP contribution in [0, 0.1) is 0 Å². The first kappa shape index (κ1) is 15.3. The Kier molecular flexibility index (Phi) is 4.49. The number of aryl methyl sites for hydroxylation is 2. The molecule has 0 spiro atoms.